The number of aromatic nitrogens is 3. The van der Waals surface area contributed by atoms with Gasteiger partial charge in [0.1, 0.15) is 17.2 Å². The number of halogens is 2. The highest BCUT2D eigenvalue weighted by molar-refractivity contribution is 6.00. The molecule has 7 nitrogen and oxygen atoms in total. The Labute approximate surface area is 194 Å². The van der Waals surface area contributed by atoms with Crippen LogP contribution in [0.2, 0.25) is 0 Å². The van der Waals surface area contributed by atoms with E-state index in [2.05, 4.69) is 27.2 Å². The minimum Gasteiger partial charge on any atom is -0.423 e. The lowest BCUT2D eigenvalue weighted by Crippen LogP contribution is -2.51. The Bertz CT molecular complexity index is 1330. The zero-order chi connectivity index (χ0) is 23.7. The van der Waals surface area contributed by atoms with Crippen molar-refractivity contribution in [2.75, 3.05) is 18.4 Å². The molecular formula is C25H23F2N5O2. The molecule has 0 bridgehead atoms. The number of fused-ring (bicyclic) bond motifs is 1. The Hall–Kier alpha value is -3.88. The molecule has 34 heavy (non-hydrogen) atoms. The predicted octanol–water partition coefficient (Wildman–Crippen LogP) is 4.92. The average molecular weight is 463 g/mol. The van der Waals surface area contributed by atoms with Crippen LogP contribution < -0.4 is 5.32 Å². The van der Waals surface area contributed by atoms with Crippen LogP contribution in [0, 0.1) is 17.6 Å². The fraction of sp³-hybridized carbons (Fsp3) is 0.280. The van der Waals surface area contributed by atoms with Crippen molar-refractivity contribution < 1.29 is 18.0 Å². The third kappa shape index (κ3) is 4.33. The third-order valence-electron chi connectivity index (χ3n) is 6.21. The summed E-state index contributed by atoms with van der Waals surface area (Å²) in [4.78, 5) is 28.3. The number of hydrogen-bond donors (Lipinski definition) is 1. The first-order valence-electron chi connectivity index (χ1n) is 11.2. The van der Waals surface area contributed by atoms with Crippen molar-refractivity contribution in [2.45, 2.75) is 25.8 Å². The highest BCUT2D eigenvalue weighted by Gasteiger charge is 2.33. The molecule has 9 heteroatoms. The normalized spacial score (nSPS) is 18.3. The van der Waals surface area contributed by atoms with Crippen molar-refractivity contribution in [3.05, 3.63) is 72.1 Å². The molecule has 0 radical (unpaired) electrons. The van der Waals surface area contributed by atoms with Crippen molar-refractivity contribution in [2.24, 2.45) is 5.92 Å². The van der Waals surface area contributed by atoms with Gasteiger partial charge in [-0.05, 0) is 55.2 Å². The number of benzene rings is 2. The van der Waals surface area contributed by atoms with Crippen LogP contribution in [0.25, 0.3) is 22.5 Å². The van der Waals surface area contributed by atoms with Gasteiger partial charge < -0.3 is 14.6 Å². The van der Waals surface area contributed by atoms with Gasteiger partial charge in [0.25, 0.3) is 11.9 Å². The summed E-state index contributed by atoms with van der Waals surface area (Å²) in [5.74, 6) is -0.560. The molecule has 0 unspecified atom stereocenters. The standard InChI is InChI=1S/C25H23F2N5O2/c1-15-4-2-11-32(21(15)14-30-25-31-20-8-6-17(27)13-22(20)34-25)24(33)18-7-5-16(26)12-19(18)23-28-9-3-10-29-23/h3,5-10,12-13,15,21H,2,4,11,14H2,1H3,(H,30,31)/t15-,21-/m1/s1. The molecule has 2 aromatic heterocycles. The minimum atomic E-state index is -0.461. The molecule has 2 aromatic carbocycles. The largest absolute Gasteiger partial charge is 0.423 e. The van der Waals surface area contributed by atoms with E-state index in [0.29, 0.717) is 41.1 Å². The topological polar surface area (TPSA) is 84.2 Å². The summed E-state index contributed by atoms with van der Waals surface area (Å²) in [5.41, 5.74) is 1.61. The minimum absolute atomic E-state index is 0.150. The predicted molar refractivity (Wildman–Crippen MR) is 123 cm³/mol. The maximum Gasteiger partial charge on any atom is 0.295 e. The van der Waals surface area contributed by atoms with Gasteiger partial charge in [-0.3, -0.25) is 4.79 Å². The van der Waals surface area contributed by atoms with Crippen molar-refractivity contribution in [1.29, 1.82) is 0 Å². The zero-order valence-electron chi connectivity index (χ0n) is 18.5. The molecule has 2 atom stereocenters. The average Bonchev–Trinajstić information content (AvgIpc) is 3.25. The monoisotopic (exact) mass is 463 g/mol. The van der Waals surface area contributed by atoms with E-state index in [9.17, 15) is 13.6 Å². The van der Waals surface area contributed by atoms with Crippen molar-refractivity contribution in [3.63, 3.8) is 0 Å². The fourth-order valence-electron chi connectivity index (χ4n) is 4.46. The summed E-state index contributed by atoms with van der Waals surface area (Å²) in [6, 6.07) is 10.0. The Balaban J connectivity index is 1.41. The Kier molecular flexibility index (Phi) is 5.91. The summed E-state index contributed by atoms with van der Waals surface area (Å²) < 4.78 is 33.2. The number of nitrogens with one attached hydrogen (secondary N) is 1. The molecular weight excluding hydrogens is 440 g/mol. The molecule has 1 aliphatic heterocycles. The lowest BCUT2D eigenvalue weighted by molar-refractivity contribution is 0.0540. The molecule has 3 heterocycles. The smallest absolute Gasteiger partial charge is 0.295 e. The van der Waals surface area contributed by atoms with E-state index in [4.69, 9.17) is 4.42 Å². The van der Waals surface area contributed by atoms with Gasteiger partial charge in [0.2, 0.25) is 0 Å². The van der Waals surface area contributed by atoms with Crippen LogP contribution in [-0.2, 0) is 0 Å². The van der Waals surface area contributed by atoms with Gasteiger partial charge in [-0.25, -0.2) is 18.7 Å². The van der Waals surface area contributed by atoms with Crippen LogP contribution in [0.4, 0.5) is 14.8 Å². The first-order chi connectivity index (χ1) is 16.5. The Morgan fingerprint density at radius 3 is 2.74 bits per heavy atom. The van der Waals surface area contributed by atoms with Gasteiger partial charge >= 0.3 is 0 Å². The van der Waals surface area contributed by atoms with Crippen molar-refractivity contribution in [1.82, 2.24) is 19.9 Å². The van der Waals surface area contributed by atoms with Gasteiger partial charge in [0.05, 0.1) is 11.6 Å². The molecule has 1 N–H and O–H groups in total. The first kappa shape index (κ1) is 21.9. The molecule has 174 valence electrons. The Morgan fingerprint density at radius 1 is 1.15 bits per heavy atom. The second kappa shape index (κ2) is 9.17. The summed E-state index contributed by atoms with van der Waals surface area (Å²) in [6.45, 7) is 3.07. The third-order valence-corrected chi connectivity index (χ3v) is 6.21. The van der Waals surface area contributed by atoms with E-state index in [1.165, 1.54) is 30.3 Å². The summed E-state index contributed by atoms with van der Waals surface area (Å²) in [5, 5.41) is 3.17. The highest BCUT2D eigenvalue weighted by Crippen LogP contribution is 2.29. The lowest BCUT2D eigenvalue weighted by atomic mass is 9.89. The van der Waals surface area contributed by atoms with Crippen LogP contribution in [0.15, 0.2) is 59.3 Å². The molecule has 1 amide bonds. The fourth-order valence-corrected chi connectivity index (χ4v) is 4.46. The van der Waals surface area contributed by atoms with E-state index in [1.54, 1.807) is 24.5 Å². The highest BCUT2D eigenvalue weighted by atomic mass is 19.1. The number of rotatable bonds is 5. The maximum atomic E-state index is 14.1. The van der Waals surface area contributed by atoms with Gasteiger partial charge in [0, 0.05) is 37.1 Å². The van der Waals surface area contributed by atoms with Crippen LogP contribution in [0.3, 0.4) is 0 Å². The second-order valence-electron chi connectivity index (χ2n) is 8.46. The summed E-state index contributed by atoms with van der Waals surface area (Å²) in [7, 11) is 0. The number of amides is 1. The summed E-state index contributed by atoms with van der Waals surface area (Å²) in [6.07, 6.45) is 4.95. The zero-order valence-corrected chi connectivity index (χ0v) is 18.5. The Morgan fingerprint density at radius 2 is 1.91 bits per heavy atom. The maximum absolute atomic E-state index is 14.1. The SMILES string of the molecule is C[C@@H]1CCCN(C(=O)c2ccc(F)cc2-c2ncccn2)[C@@H]1CNc1nc2ccc(F)cc2o1. The first-order valence-corrected chi connectivity index (χ1v) is 11.2. The van der Waals surface area contributed by atoms with E-state index in [-0.39, 0.29) is 23.9 Å². The molecule has 0 spiro atoms. The lowest BCUT2D eigenvalue weighted by Gasteiger charge is -2.40. The number of nitrogens with zero attached hydrogens (tertiary/aromatic N) is 4. The van der Waals surface area contributed by atoms with Crippen LogP contribution in [-0.4, -0.2) is 44.9 Å². The molecule has 0 saturated carbocycles. The van der Waals surface area contributed by atoms with E-state index >= 15 is 0 Å². The van der Waals surface area contributed by atoms with Gasteiger partial charge in [-0.1, -0.05) is 6.92 Å². The van der Waals surface area contributed by atoms with E-state index in [0.717, 1.165) is 12.8 Å². The number of oxazole rings is 1. The molecule has 4 aromatic rings. The van der Waals surface area contributed by atoms with Crippen LogP contribution >= 0.6 is 0 Å². The van der Waals surface area contributed by atoms with Gasteiger partial charge in [-0.2, -0.15) is 4.98 Å². The number of anilines is 1. The molecule has 0 aliphatic carbocycles. The second-order valence-corrected chi connectivity index (χ2v) is 8.46. The summed E-state index contributed by atoms with van der Waals surface area (Å²) >= 11 is 0. The molecule has 1 saturated heterocycles. The number of piperidine rings is 1. The van der Waals surface area contributed by atoms with Crippen LogP contribution in [0.5, 0.6) is 0 Å². The molecule has 1 fully saturated rings. The number of likely N-dealkylation sites (tertiary alicyclic amines) is 1. The van der Waals surface area contributed by atoms with E-state index in [1.807, 2.05) is 4.90 Å². The van der Waals surface area contributed by atoms with Crippen LogP contribution in [0.1, 0.15) is 30.1 Å². The number of carbonyl (C=O) groups is 1. The molecule has 1 aliphatic rings. The molecule has 5 rings (SSSR count). The van der Waals surface area contributed by atoms with Crippen molar-refractivity contribution >= 4 is 23.0 Å². The number of carbonyl (C=O) groups excluding carboxylic acids is 1. The van der Waals surface area contributed by atoms with Gasteiger partial charge in [-0.15, -0.1) is 0 Å². The van der Waals surface area contributed by atoms with E-state index < -0.39 is 11.6 Å². The quantitative estimate of drug-likeness (QED) is 0.453. The van der Waals surface area contributed by atoms with Gasteiger partial charge in [0.15, 0.2) is 11.4 Å². The number of hydrogen-bond acceptors (Lipinski definition) is 6. The van der Waals surface area contributed by atoms with Crippen molar-refractivity contribution in [3.8, 4) is 11.4 Å².